The van der Waals surface area contributed by atoms with Crippen LogP contribution in [0.25, 0.3) is 10.9 Å². The molecular formula is C19H28N5O3S+. The van der Waals surface area contributed by atoms with Gasteiger partial charge in [-0.25, -0.2) is 9.78 Å². The summed E-state index contributed by atoms with van der Waals surface area (Å²) in [5.74, 6) is -0.437. The zero-order valence-electron chi connectivity index (χ0n) is 16.7. The van der Waals surface area contributed by atoms with Crippen molar-refractivity contribution in [3.05, 3.63) is 34.6 Å². The molecule has 0 aliphatic heterocycles. The van der Waals surface area contributed by atoms with E-state index in [1.54, 1.807) is 23.6 Å². The average Bonchev–Trinajstić information content (AvgIpc) is 2.70. The van der Waals surface area contributed by atoms with Crippen LogP contribution in [0.5, 0.6) is 0 Å². The van der Waals surface area contributed by atoms with Crippen molar-refractivity contribution in [3.63, 3.8) is 0 Å². The summed E-state index contributed by atoms with van der Waals surface area (Å²) < 4.78 is 1.64. The molecule has 0 saturated heterocycles. The van der Waals surface area contributed by atoms with E-state index in [-0.39, 0.29) is 5.56 Å². The number of nitrogens with zero attached hydrogens (tertiary/aromatic N) is 2. The second-order valence-corrected chi connectivity index (χ2v) is 7.71. The molecule has 152 valence electrons. The number of nitrogens with one attached hydrogen (secondary N) is 3. The van der Waals surface area contributed by atoms with Gasteiger partial charge in [0.15, 0.2) is 5.16 Å². The van der Waals surface area contributed by atoms with Crippen LogP contribution in [0.4, 0.5) is 4.79 Å². The number of urea groups is 1. The van der Waals surface area contributed by atoms with Crippen LogP contribution in [0.15, 0.2) is 34.2 Å². The molecule has 0 aliphatic carbocycles. The predicted molar refractivity (Wildman–Crippen MR) is 111 cm³/mol. The number of imide groups is 1. The summed E-state index contributed by atoms with van der Waals surface area (Å²) in [6.07, 6.45) is 0. The lowest BCUT2D eigenvalue weighted by atomic mass is 10.2. The van der Waals surface area contributed by atoms with Gasteiger partial charge >= 0.3 is 6.03 Å². The molecular weight excluding hydrogens is 378 g/mol. The molecule has 1 aromatic carbocycles. The van der Waals surface area contributed by atoms with Crippen molar-refractivity contribution in [2.45, 2.75) is 37.7 Å². The number of quaternary nitrogens is 1. The van der Waals surface area contributed by atoms with Crippen LogP contribution in [0.3, 0.4) is 0 Å². The van der Waals surface area contributed by atoms with Gasteiger partial charge in [0, 0.05) is 7.05 Å². The molecule has 28 heavy (non-hydrogen) atoms. The lowest BCUT2D eigenvalue weighted by Gasteiger charge is -2.19. The highest BCUT2D eigenvalue weighted by atomic mass is 32.2. The standard InChI is InChI=1S/C19H27N5O3S/c1-5-23(6-2)11-12-24-17(26)14-9-7-8-10-15(14)21-19(24)28-13(3)16(25)22-18(27)20-4/h7-10,13H,5-6,11-12H2,1-4H3,(H2,20,22,25,27)/p+1/t13-/m1/s1. The van der Waals surface area contributed by atoms with Crippen LogP contribution in [0, 0.1) is 0 Å². The van der Waals surface area contributed by atoms with E-state index >= 15 is 0 Å². The minimum absolute atomic E-state index is 0.112. The fourth-order valence-electron chi connectivity index (χ4n) is 2.80. The van der Waals surface area contributed by atoms with Gasteiger partial charge in [0.1, 0.15) is 0 Å². The van der Waals surface area contributed by atoms with E-state index in [2.05, 4.69) is 29.5 Å². The first-order chi connectivity index (χ1) is 13.4. The summed E-state index contributed by atoms with van der Waals surface area (Å²) in [4.78, 5) is 42.7. The highest BCUT2D eigenvalue weighted by Gasteiger charge is 2.21. The zero-order valence-corrected chi connectivity index (χ0v) is 17.6. The van der Waals surface area contributed by atoms with Crippen LogP contribution in [-0.4, -0.2) is 53.4 Å². The van der Waals surface area contributed by atoms with Crippen molar-refractivity contribution >= 4 is 34.6 Å². The quantitative estimate of drug-likeness (QED) is 0.432. The van der Waals surface area contributed by atoms with Crippen molar-refractivity contribution in [2.24, 2.45) is 0 Å². The Morgan fingerprint density at radius 1 is 1.25 bits per heavy atom. The fourth-order valence-corrected chi connectivity index (χ4v) is 3.73. The van der Waals surface area contributed by atoms with Crippen molar-refractivity contribution in [1.82, 2.24) is 20.2 Å². The van der Waals surface area contributed by atoms with Crippen molar-refractivity contribution in [2.75, 3.05) is 26.7 Å². The van der Waals surface area contributed by atoms with Gasteiger partial charge in [0.25, 0.3) is 5.56 Å². The highest BCUT2D eigenvalue weighted by molar-refractivity contribution is 8.00. The number of hydrogen-bond acceptors (Lipinski definition) is 5. The molecule has 0 bridgehead atoms. The van der Waals surface area contributed by atoms with E-state index in [0.717, 1.165) is 19.6 Å². The second kappa shape index (κ2) is 10.2. The van der Waals surface area contributed by atoms with Gasteiger partial charge in [-0.3, -0.25) is 19.5 Å². The smallest absolute Gasteiger partial charge is 0.321 e. The Labute approximate surface area is 168 Å². The number of rotatable bonds is 8. The molecule has 0 aliphatic rings. The number of likely N-dealkylation sites (N-methyl/N-ethyl adjacent to an activating group) is 1. The largest absolute Gasteiger partial charge is 0.341 e. The first-order valence-corrected chi connectivity index (χ1v) is 10.3. The normalized spacial score (nSPS) is 12.2. The topological polar surface area (TPSA) is 97.5 Å². The number of aromatic nitrogens is 2. The molecule has 3 amide bonds. The molecule has 0 spiro atoms. The molecule has 0 unspecified atom stereocenters. The molecule has 1 atom stereocenters. The van der Waals surface area contributed by atoms with Gasteiger partial charge in [-0.1, -0.05) is 23.9 Å². The minimum Gasteiger partial charge on any atom is -0.341 e. The highest BCUT2D eigenvalue weighted by Crippen LogP contribution is 2.22. The summed E-state index contributed by atoms with van der Waals surface area (Å²) in [6, 6.07) is 6.64. The number of hydrogen-bond donors (Lipinski definition) is 3. The number of para-hydroxylation sites is 1. The van der Waals surface area contributed by atoms with Crippen LogP contribution in [-0.2, 0) is 11.3 Å². The van der Waals surface area contributed by atoms with Gasteiger partial charge in [0.05, 0.1) is 42.3 Å². The van der Waals surface area contributed by atoms with Crippen LogP contribution in [0.2, 0.25) is 0 Å². The molecule has 2 rings (SSSR count). The van der Waals surface area contributed by atoms with Crippen LogP contribution >= 0.6 is 11.8 Å². The van der Waals surface area contributed by atoms with Crippen molar-refractivity contribution < 1.29 is 14.5 Å². The first kappa shape index (κ1) is 21.9. The van der Waals surface area contributed by atoms with Gasteiger partial charge in [-0.2, -0.15) is 0 Å². The zero-order chi connectivity index (χ0) is 20.7. The van der Waals surface area contributed by atoms with Gasteiger partial charge in [0.2, 0.25) is 5.91 Å². The third-order valence-electron chi connectivity index (χ3n) is 4.63. The maximum absolute atomic E-state index is 13.0. The summed E-state index contributed by atoms with van der Waals surface area (Å²) in [7, 11) is 1.44. The maximum Gasteiger partial charge on any atom is 0.321 e. The Morgan fingerprint density at radius 2 is 1.93 bits per heavy atom. The summed E-state index contributed by atoms with van der Waals surface area (Å²) in [5.41, 5.74) is 0.485. The van der Waals surface area contributed by atoms with E-state index in [1.165, 1.54) is 23.7 Å². The Balaban J connectivity index is 2.36. The average molecular weight is 407 g/mol. The van der Waals surface area contributed by atoms with E-state index in [4.69, 9.17) is 0 Å². The lowest BCUT2D eigenvalue weighted by Crippen LogP contribution is -3.11. The van der Waals surface area contributed by atoms with Crippen LogP contribution < -0.4 is 21.1 Å². The van der Waals surface area contributed by atoms with Crippen molar-refractivity contribution in [3.8, 4) is 0 Å². The Kier molecular flexibility index (Phi) is 8.01. The maximum atomic E-state index is 13.0. The summed E-state index contributed by atoms with van der Waals surface area (Å²) in [6.45, 7) is 9.16. The second-order valence-electron chi connectivity index (χ2n) is 6.40. The first-order valence-electron chi connectivity index (χ1n) is 9.43. The number of benzene rings is 1. The van der Waals surface area contributed by atoms with E-state index < -0.39 is 17.2 Å². The number of fused-ring (bicyclic) bond motifs is 1. The number of carbonyl (C=O) groups excluding carboxylic acids is 2. The Bertz CT molecular complexity index is 895. The number of thioether (sulfide) groups is 1. The molecule has 2 aromatic rings. The van der Waals surface area contributed by atoms with E-state index in [0.29, 0.717) is 22.6 Å². The number of carbonyl (C=O) groups is 2. The molecule has 9 heteroatoms. The third-order valence-corrected chi connectivity index (χ3v) is 5.72. The van der Waals surface area contributed by atoms with Crippen LogP contribution in [0.1, 0.15) is 20.8 Å². The molecule has 0 saturated carbocycles. The van der Waals surface area contributed by atoms with E-state index in [9.17, 15) is 14.4 Å². The minimum atomic E-state index is -0.586. The van der Waals surface area contributed by atoms with Gasteiger partial charge in [-0.05, 0) is 32.9 Å². The Hall–Kier alpha value is -2.39. The molecule has 0 fully saturated rings. The predicted octanol–water partition coefficient (Wildman–Crippen LogP) is 0.257. The summed E-state index contributed by atoms with van der Waals surface area (Å²) >= 11 is 1.18. The van der Waals surface area contributed by atoms with Gasteiger partial charge < -0.3 is 10.2 Å². The van der Waals surface area contributed by atoms with E-state index in [1.807, 2.05) is 12.1 Å². The third kappa shape index (κ3) is 5.32. The Morgan fingerprint density at radius 3 is 2.57 bits per heavy atom. The number of amides is 3. The monoisotopic (exact) mass is 406 g/mol. The molecule has 3 N–H and O–H groups in total. The molecule has 0 radical (unpaired) electrons. The fraction of sp³-hybridized carbons (Fsp3) is 0.474. The SMILES string of the molecule is CC[NH+](CC)CCn1c(S[C@H](C)C(=O)NC(=O)NC)nc2ccccc2c1=O. The van der Waals surface area contributed by atoms with Crippen molar-refractivity contribution in [1.29, 1.82) is 0 Å². The molecule has 8 nitrogen and oxygen atoms in total. The lowest BCUT2D eigenvalue weighted by molar-refractivity contribution is -0.897. The molecule has 1 heterocycles. The van der Waals surface area contributed by atoms with Gasteiger partial charge in [-0.15, -0.1) is 0 Å². The summed E-state index contributed by atoms with van der Waals surface area (Å²) in [5, 5.41) is 5.07. The molecule has 1 aromatic heterocycles.